The molecule has 8 heteroatoms. The van der Waals surface area contributed by atoms with E-state index in [2.05, 4.69) is 0 Å². The van der Waals surface area contributed by atoms with Crippen LogP contribution in [-0.2, 0) is 21.2 Å². The lowest BCUT2D eigenvalue weighted by molar-refractivity contribution is -0.132. The van der Waals surface area contributed by atoms with Gasteiger partial charge in [0.05, 0.1) is 6.42 Å². The monoisotopic (exact) mass is 399 g/mol. The number of nitrogens with two attached hydrogens (primary N) is 1. The van der Waals surface area contributed by atoms with Crippen LogP contribution in [-0.4, -0.2) is 55.8 Å². The lowest BCUT2D eigenvalue weighted by Crippen LogP contribution is -2.45. The summed E-state index contributed by atoms with van der Waals surface area (Å²) in [6, 6.07) is 3.53. The molecule has 2 aliphatic heterocycles. The number of nitrogens with zero attached hydrogens (tertiary/aromatic N) is 2. The highest BCUT2D eigenvalue weighted by Gasteiger charge is 2.29. The van der Waals surface area contributed by atoms with Crippen LogP contribution in [0.2, 0.25) is 0 Å². The van der Waals surface area contributed by atoms with E-state index >= 15 is 0 Å². The number of sulfonamides is 1. The maximum atomic E-state index is 12.7. The first kappa shape index (κ1) is 19.8. The number of amides is 1. The van der Waals surface area contributed by atoms with Gasteiger partial charge in [-0.2, -0.15) is 4.31 Å². The van der Waals surface area contributed by atoms with Crippen LogP contribution in [0.3, 0.4) is 0 Å². The van der Waals surface area contributed by atoms with E-state index in [1.54, 1.807) is 16.4 Å². The first-order chi connectivity index (χ1) is 12.4. The molecule has 6 nitrogen and oxygen atoms in total. The number of hydrogen-bond donors (Lipinski definition) is 1. The molecule has 3 heterocycles. The van der Waals surface area contributed by atoms with Crippen molar-refractivity contribution in [2.45, 2.75) is 55.7 Å². The smallest absolute Gasteiger partial charge is 0.252 e. The predicted molar refractivity (Wildman–Crippen MR) is 104 cm³/mol. The topological polar surface area (TPSA) is 83.7 Å². The van der Waals surface area contributed by atoms with Crippen molar-refractivity contribution in [3.8, 4) is 0 Å². The fraction of sp³-hybridized carbons (Fsp3) is 0.722. The SMILES string of the molecule is CC(N)C1CCCN(C(=O)Cc2ccc(S(=O)(=O)N3CCCCC3)s2)C1. The van der Waals surface area contributed by atoms with Crippen molar-refractivity contribution in [2.24, 2.45) is 11.7 Å². The molecule has 0 saturated carbocycles. The zero-order valence-corrected chi connectivity index (χ0v) is 17.0. The molecule has 0 aliphatic carbocycles. The molecular formula is C18H29N3O3S2. The van der Waals surface area contributed by atoms with Crippen LogP contribution in [0.1, 0.15) is 43.9 Å². The maximum Gasteiger partial charge on any atom is 0.252 e. The lowest BCUT2D eigenvalue weighted by atomic mass is 9.92. The van der Waals surface area contributed by atoms with Crippen LogP contribution in [0.5, 0.6) is 0 Å². The minimum Gasteiger partial charge on any atom is -0.342 e. The van der Waals surface area contributed by atoms with Gasteiger partial charge in [-0.1, -0.05) is 6.42 Å². The average Bonchev–Trinajstić information content (AvgIpc) is 3.12. The van der Waals surface area contributed by atoms with Crippen LogP contribution in [0, 0.1) is 5.92 Å². The fourth-order valence-corrected chi connectivity index (χ4v) is 6.77. The molecule has 2 aliphatic rings. The summed E-state index contributed by atoms with van der Waals surface area (Å²) in [5, 5.41) is 0. The van der Waals surface area contributed by atoms with Crippen LogP contribution >= 0.6 is 11.3 Å². The summed E-state index contributed by atoms with van der Waals surface area (Å²) in [5.41, 5.74) is 6.00. The largest absolute Gasteiger partial charge is 0.342 e. The Kier molecular flexibility index (Phi) is 6.37. The Morgan fingerprint density at radius 1 is 1.23 bits per heavy atom. The fourth-order valence-electron chi connectivity index (χ4n) is 3.75. The van der Waals surface area contributed by atoms with E-state index in [4.69, 9.17) is 5.73 Å². The van der Waals surface area contributed by atoms with E-state index in [1.165, 1.54) is 11.3 Å². The summed E-state index contributed by atoms with van der Waals surface area (Å²) in [6.07, 6.45) is 5.26. The molecule has 3 rings (SSSR count). The van der Waals surface area contributed by atoms with Gasteiger partial charge >= 0.3 is 0 Å². The van der Waals surface area contributed by atoms with Gasteiger partial charge in [0.2, 0.25) is 5.91 Å². The highest BCUT2D eigenvalue weighted by atomic mass is 32.2. The molecule has 2 fully saturated rings. The Morgan fingerprint density at radius 2 is 1.96 bits per heavy atom. The van der Waals surface area contributed by atoms with E-state index in [0.717, 1.165) is 43.5 Å². The molecule has 0 radical (unpaired) electrons. The van der Waals surface area contributed by atoms with Gasteiger partial charge in [0, 0.05) is 37.1 Å². The Bertz CT molecular complexity index is 724. The standard InChI is InChI=1S/C18H29N3O3S2/c1-14(19)15-6-5-9-20(13-15)17(22)12-16-7-8-18(25-16)26(23,24)21-10-3-2-4-11-21/h7-8,14-15H,2-6,9-13,19H2,1H3. The van der Waals surface area contributed by atoms with Gasteiger partial charge in [0.25, 0.3) is 10.0 Å². The third kappa shape index (κ3) is 4.47. The number of likely N-dealkylation sites (tertiary alicyclic amines) is 1. The quantitative estimate of drug-likeness (QED) is 0.821. The Balaban J connectivity index is 1.63. The van der Waals surface area contributed by atoms with Gasteiger partial charge in [-0.05, 0) is 50.7 Å². The number of piperidine rings is 2. The maximum absolute atomic E-state index is 12.7. The number of thiophene rings is 1. The van der Waals surface area contributed by atoms with Crippen LogP contribution in [0.4, 0.5) is 0 Å². The summed E-state index contributed by atoms with van der Waals surface area (Å²) in [5.74, 6) is 0.421. The highest BCUT2D eigenvalue weighted by Crippen LogP contribution is 2.28. The molecule has 2 unspecified atom stereocenters. The summed E-state index contributed by atoms with van der Waals surface area (Å²) >= 11 is 1.23. The van der Waals surface area contributed by atoms with E-state index in [-0.39, 0.29) is 18.4 Å². The molecule has 0 bridgehead atoms. The number of carbonyl (C=O) groups is 1. The number of carbonyl (C=O) groups excluding carboxylic acids is 1. The van der Waals surface area contributed by atoms with Crippen LogP contribution in [0.25, 0.3) is 0 Å². The summed E-state index contributed by atoms with van der Waals surface area (Å²) in [7, 11) is -3.41. The minimum atomic E-state index is -3.41. The van der Waals surface area contributed by atoms with Gasteiger partial charge in [-0.15, -0.1) is 11.3 Å². The zero-order valence-electron chi connectivity index (χ0n) is 15.4. The van der Waals surface area contributed by atoms with E-state index in [1.807, 2.05) is 11.8 Å². The van der Waals surface area contributed by atoms with Crippen molar-refractivity contribution >= 4 is 27.3 Å². The van der Waals surface area contributed by atoms with Crippen LogP contribution < -0.4 is 5.73 Å². The van der Waals surface area contributed by atoms with Gasteiger partial charge in [0.1, 0.15) is 4.21 Å². The zero-order chi connectivity index (χ0) is 18.7. The first-order valence-electron chi connectivity index (χ1n) is 9.50. The van der Waals surface area contributed by atoms with Crippen molar-refractivity contribution in [3.05, 3.63) is 17.0 Å². The normalized spacial score (nSPS) is 23.8. The molecule has 2 N–H and O–H groups in total. The van der Waals surface area contributed by atoms with E-state index in [9.17, 15) is 13.2 Å². The molecule has 2 saturated heterocycles. The molecule has 2 atom stereocenters. The van der Waals surface area contributed by atoms with Gasteiger partial charge < -0.3 is 10.6 Å². The van der Waals surface area contributed by atoms with Crippen molar-refractivity contribution in [1.29, 1.82) is 0 Å². The Labute approximate surface area is 160 Å². The van der Waals surface area contributed by atoms with Gasteiger partial charge in [-0.3, -0.25) is 4.79 Å². The average molecular weight is 400 g/mol. The van der Waals surface area contributed by atoms with Crippen LogP contribution in [0.15, 0.2) is 16.3 Å². The number of rotatable bonds is 5. The third-order valence-electron chi connectivity index (χ3n) is 5.43. The Morgan fingerprint density at radius 3 is 2.65 bits per heavy atom. The molecule has 0 spiro atoms. The van der Waals surface area contributed by atoms with E-state index < -0.39 is 10.0 Å². The molecule has 0 aromatic carbocycles. The van der Waals surface area contributed by atoms with Crippen molar-refractivity contribution < 1.29 is 13.2 Å². The number of hydrogen-bond acceptors (Lipinski definition) is 5. The predicted octanol–water partition coefficient (Wildman–Crippen LogP) is 2.05. The minimum absolute atomic E-state index is 0.0686. The summed E-state index contributed by atoms with van der Waals surface area (Å²) in [6.45, 7) is 4.67. The van der Waals surface area contributed by atoms with Crippen molar-refractivity contribution in [1.82, 2.24) is 9.21 Å². The van der Waals surface area contributed by atoms with Gasteiger partial charge in [-0.25, -0.2) is 8.42 Å². The summed E-state index contributed by atoms with van der Waals surface area (Å²) < 4.78 is 27.4. The summed E-state index contributed by atoms with van der Waals surface area (Å²) in [4.78, 5) is 15.3. The lowest BCUT2D eigenvalue weighted by Gasteiger charge is -2.34. The second-order valence-corrected chi connectivity index (χ2v) is 10.8. The molecule has 1 aromatic heterocycles. The van der Waals surface area contributed by atoms with E-state index in [0.29, 0.717) is 29.8 Å². The third-order valence-corrected chi connectivity index (χ3v) is 8.88. The second kappa shape index (κ2) is 8.37. The molecule has 1 amide bonds. The van der Waals surface area contributed by atoms with Gasteiger partial charge in [0.15, 0.2) is 0 Å². The molecular weight excluding hydrogens is 370 g/mol. The molecule has 26 heavy (non-hydrogen) atoms. The Hall–Kier alpha value is -0.960. The van der Waals surface area contributed by atoms with Crippen molar-refractivity contribution in [2.75, 3.05) is 26.2 Å². The molecule has 1 aromatic rings. The first-order valence-corrected chi connectivity index (χ1v) is 11.8. The highest BCUT2D eigenvalue weighted by molar-refractivity contribution is 7.91. The van der Waals surface area contributed by atoms with Crippen molar-refractivity contribution in [3.63, 3.8) is 0 Å². The second-order valence-electron chi connectivity index (χ2n) is 7.46. The molecule has 146 valence electrons.